The van der Waals surface area contributed by atoms with Crippen molar-refractivity contribution in [3.63, 3.8) is 0 Å². The average Bonchev–Trinajstić information content (AvgIpc) is 2.74. The molecule has 0 amide bonds. The van der Waals surface area contributed by atoms with E-state index in [1.54, 1.807) is 33.3 Å². The molecule has 0 aliphatic carbocycles. The lowest BCUT2D eigenvalue weighted by Crippen LogP contribution is -2.22. The van der Waals surface area contributed by atoms with Gasteiger partial charge >= 0.3 is 5.69 Å². The fourth-order valence-corrected chi connectivity index (χ4v) is 1.53. The molecule has 5 heteroatoms. The van der Waals surface area contributed by atoms with Gasteiger partial charge in [0.25, 0.3) is 0 Å². The predicted octanol–water partition coefficient (Wildman–Crippen LogP) is 0.163. The summed E-state index contributed by atoms with van der Waals surface area (Å²) in [5.74, 6) is 0. The summed E-state index contributed by atoms with van der Waals surface area (Å²) in [5, 5.41) is 4.08. The summed E-state index contributed by atoms with van der Waals surface area (Å²) in [6.07, 6.45) is 8.20. The van der Waals surface area contributed by atoms with Crippen LogP contribution < -0.4 is 5.69 Å². The first-order valence-electron chi connectivity index (χ1n) is 4.86. The molecule has 0 aliphatic rings. The molecule has 0 aromatic carbocycles. The zero-order valence-electron chi connectivity index (χ0n) is 8.92. The van der Waals surface area contributed by atoms with Crippen molar-refractivity contribution in [2.45, 2.75) is 13.0 Å². The molecule has 0 fully saturated rings. The third kappa shape index (κ3) is 2.01. The van der Waals surface area contributed by atoms with E-state index < -0.39 is 0 Å². The quantitative estimate of drug-likeness (QED) is 0.718. The molecular weight excluding hydrogens is 192 g/mol. The van der Waals surface area contributed by atoms with Gasteiger partial charge in [-0.15, -0.1) is 0 Å². The molecule has 0 saturated carbocycles. The lowest BCUT2D eigenvalue weighted by atomic mass is 10.2. The molecule has 2 aromatic heterocycles. The number of aromatic nitrogens is 4. The van der Waals surface area contributed by atoms with E-state index in [1.165, 1.54) is 0 Å². The predicted molar refractivity (Wildman–Crippen MR) is 56.6 cm³/mol. The van der Waals surface area contributed by atoms with Crippen molar-refractivity contribution in [3.8, 4) is 0 Å². The number of rotatable bonds is 3. The van der Waals surface area contributed by atoms with E-state index in [9.17, 15) is 4.79 Å². The van der Waals surface area contributed by atoms with Crippen molar-refractivity contribution < 1.29 is 0 Å². The highest BCUT2D eigenvalue weighted by atomic mass is 16.1. The molecule has 0 aliphatic heterocycles. The summed E-state index contributed by atoms with van der Waals surface area (Å²) in [4.78, 5) is 11.5. The molecule has 0 bridgehead atoms. The number of aryl methyl sites for hydroxylation is 4. The van der Waals surface area contributed by atoms with E-state index in [4.69, 9.17) is 0 Å². The van der Waals surface area contributed by atoms with E-state index in [-0.39, 0.29) is 5.69 Å². The molecule has 80 valence electrons. The summed E-state index contributed by atoms with van der Waals surface area (Å²) >= 11 is 0. The molecule has 2 rings (SSSR count). The van der Waals surface area contributed by atoms with Gasteiger partial charge in [0, 0.05) is 39.2 Å². The van der Waals surface area contributed by atoms with E-state index in [2.05, 4.69) is 5.10 Å². The lowest BCUT2D eigenvalue weighted by Gasteiger charge is -1.98. The molecule has 0 radical (unpaired) electrons. The molecule has 0 unspecified atom stereocenters. The largest absolute Gasteiger partial charge is 0.327 e. The highest BCUT2D eigenvalue weighted by molar-refractivity contribution is 5.03. The van der Waals surface area contributed by atoms with Gasteiger partial charge in [0.2, 0.25) is 0 Å². The molecule has 0 N–H and O–H groups in total. The van der Waals surface area contributed by atoms with Gasteiger partial charge in [-0.1, -0.05) is 0 Å². The summed E-state index contributed by atoms with van der Waals surface area (Å²) in [7, 11) is 3.64. The second-order valence-electron chi connectivity index (χ2n) is 3.66. The lowest BCUT2D eigenvalue weighted by molar-refractivity contribution is 0.649. The molecule has 0 spiro atoms. The molecule has 5 nitrogen and oxygen atoms in total. The van der Waals surface area contributed by atoms with Gasteiger partial charge < -0.3 is 4.57 Å². The highest BCUT2D eigenvalue weighted by Crippen LogP contribution is 1.98. The zero-order chi connectivity index (χ0) is 10.8. The van der Waals surface area contributed by atoms with Crippen LogP contribution in [0.25, 0.3) is 0 Å². The number of hydrogen-bond acceptors (Lipinski definition) is 2. The van der Waals surface area contributed by atoms with Gasteiger partial charge in [0.15, 0.2) is 0 Å². The van der Waals surface area contributed by atoms with Crippen molar-refractivity contribution >= 4 is 0 Å². The Kier molecular flexibility index (Phi) is 2.45. The Morgan fingerprint density at radius 3 is 2.67 bits per heavy atom. The Bertz CT molecular complexity index is 505. The van der Waals surface area contributed by atoms with Gasteiger partial charge in [-0.25, -0.2) is 4.79 Å². The minimum atomic E-state index is 0.0268. The SMILES string of the molecule is Cn1cc(CCn2ccn(C)c2=O)cn1. The van der Waals surface area contributed by atoms with Crippen LogP contribution in [0, 0.1) is 0 Å². The van der Waals surface area contributed by atoms with Crippen LogP contribution in [-0.4, -0.2) is 18.9 Å². The molecule has 2 aromatic rings. The first-order valence-corrected chi connectivity index (χ1v) is 4.86. The van der Waals surface area contributed by atoms with Crippen LogP contribution in [0.2, 0.25) is 0 Å². The molecular formula is C10H14N4O. The number of nitrogens with zero attached hydrogens (tertiary/aromatic N) is 4. The smallest absolute Gasteiger partial charge is 0.302 e. The Hall–Kier alpha value is -1.78. The Balaban J connectivity index is 2.05. The maximum absolute atomic E-state index is 11.5. The highest BCUT2D eigenvalue weighted by Gasteiger charge is 2.01. The second kappa shape index (κ2) is 3.76. The van der Waals surface area contributed by atoms with Crippen LogP contribution in [0.15, 0.2) is 29.6 Å². The zero-order valence-corrected chi connectivity index (χ0v) is 8.92. The van der Waals surface area contributed by atoms with E-state index >= 15 is 0 Å². The Morgan fingerprint density at radius 1 is 1.33 bits per heavy atom. The summed E-state index contributed by atoms with van der Waals surface area (Å²) in [6.45, 7) is 0.700. The fourth-order valence-electron chi connectivity index (χ4n) is 1.53. The van der Waals surface area contributed by atoms with Crippen molar-refractivity contribution in [2.24, 2.45) is 14.1 Å². The van der Waals surface area contributed by atoms with Crippen LogP contribution in [0.5, 0.6) is 0 Å². The maximum atomic E-state index is 11.5. The van der Waals surface area contributed by atoms with E-state index in [1.807, 2.05) is 19.4 Å². The van der Waals surface area contributed by atoms with Gasteiger partial charge in [-0.05, 0) is 12.0 Å². The molecule has 2 heterocycles. The third-order valence-electron chi connectivity index (χ3n) is 2.42. The van der Waals surface area contributed by atoms with Crippen LogP contribution in [0.1, 0.15) is 5.56 Å². The minimum absolute atomic E-state index is 0.0268. The Morgan fingerprint density at radius 2 is 2.13 bits per heavy atom. The third-order valence-corrected chi connectivity index (χ3v) is 2.42. The van der Waals surface area contributed by atoms with Crippen molar-refractivity contribution in [2.75, 3.05) is 0 Å². The maximum Gasteiger partial charge on any atom is 0.327 e. The van der Waals surface area contributed by atoms with Crippen molar-refractivity contribution in [1.82, 2.24) is 18.9 Å². The molecule has 0 saturated heterocycles. The topological polar surface area (TPSA) is 44.8 Å². The summed E-state index contributed by atoms with van der Waals surface area (Å²) < 4.78 is 5.04. The van der Waals surface area contributed by atoms with Gasteiger partial charge in [-0.2, -0.15) is 5.10 Å². The van der Waals surface area contributed by atoms with Crippen LogP contribution in [0.4, 0.5) is 0 Å². The van der Waals surface area contributed by atoms with Gasteiger partial charge in [0.05, 0.1) is 6.20 Å². The monoisotopic (exact) mass is 206 g/mol. The van der Waals surface area contributed by atoms with Crippen LogP contribution in [-0.2, 0) is 27.1 Å². The normalized spacial score (nSPS) is 10.8. The van der Waals surface area contributed by atoms with Gasteiger partial charge in [-0.3, -0.25) is 9.25 Å². The van der Waals surface area contributed by atoms with Crippen molar-refractivity contribution in [1.29, 1.82) is 0 Å². The fraction of sp³-hybridized carbons (Fsp3) is 0.400. The summed E-state index contributed by atoms with van der Waals surface area (Å²) in [5.41, 5.74) is 1.17. The van der Waals surface area contributed by atoms with E-state index in [0.29, 0.717) is 6.54 Å². The summed E-state index contributed by atoms with van der Waals surface area (Å²) in [6, 6.07) is 0. The van der Waals surface area contributed by atoms with E-state index in [0.717, 1.165) is 12.0 Å². The second-order valence-corrected chi connectivity index (χ2v) is 3.66. The molecule has 15 heavy (non-hydrogen) atoms. The van der Waals surface area contributed by atoms with Crippen LogP contribution >= 0.6 is 0 Å². The Labute approximate surface area is 87.6 Å². The minimum Gasteiger partial charge on any atom is -0.302 e. The van der Waals surface area contributed by atoms with Crippen LogP contribution in [0.3, 0.4) is 0 Å². The number of imidazole rings is 1. The average molecular weight is 206 g/mol. The molecule has 0 atom stereocenters. The van der Waals surface area contributed by atoms with Gasteiger partial charge in [0.1, 0.15) is 0 Å². The first-order chi connectivity index (χ1) is 7.16. The van der Waals surface area contributed by atoms with Crippen molar-refractivity contribution in [3.05, 3.63) is 40.8 Å². The first kappa shape index (κ1) is 9.76. The standard InChI is InChI=1S/C10H14N4O/c1-12-5-6-14(10(12)15)4-3-9-7-11-13(2)8-9/h5-8H,3-4H2,1-2H3. The number of hydrogen-bond donors (Lipinski definition) is 0.